The van der Waals surface area contributed by atoms with Crippen LogP contribution in [0.2, 0.25) is 0 Å². The van der Waals surface area contributed by atoms with E-state index in [1.54, 1.807) is 17.7 Å². The summed E-state index contributed by atoms with van der Waals surface area (Å²) in [5, 5.41) is 5.55. The molecule has 1 fully saturated rings. The molecular formula is C20H21N5OS. The van der Waals surface area contributed by atoms with Crippen LogP contribution in [0.5, 0.6) is 0 Å². The predicted molar refractivity (Wildman–Crippen MR) is 111 cm³/mol. The number of aromatic nitrogens is 2. The summed E-state index contributed by atoms with van der Waals surface area (Å²) in [6.07, 6.45) is 3.10. The Hall–Kier alpha value is -2.80. The molecular weight excluding hydrogens is 358 g/mol. The Morgan fingerprint density at radius 3 is 2.93 bits per heavy atom. The second-order valence-electron chi connectivity index (χ2n) is 6.69. The van der Waals surface area contributed by atoms with E-state index >= 15 is 0 Å². The predicted octanol–water partition coefficient (Wildman–Crippen LogP) is 4.27. The highest BCUT2D eigenvalue weighted by atomic mass is 32.1. The molecule has 1 N–H and O–H groups in total. The molecule has 0 bridgehead atoms. The first-order valence-corrected chi connectivity index (χ1v) is 9.78. The topological polar surface area (TPSA) is 70.5 Å². The molecule has 7 heteroatoms. The number of anilines is 2. The van der Waals surface area contributed by atoms with Crippen molar-refractivity contribution in [3.8, 4) is 0 Å². The van der Waals surface area contributed by atoms with Gasteiger partial charge in [0.15, 0.2) is 5.82 Å². The van der Waals surface area contributed by atoms with Crippen LogP contribution in [-0.4, -0.2) is 28.1 Å². The van der Waals surface area contributed by atoms with Gasteiger partial charge in [-0.3, -0.25) is 10.2 Å². The number of nitrogens with zero attached hydrogens (tertiary/aromatic N) is 4. The molecule has 1 aliphatic rings. The SMILES string of the molecule is C/C(=N/Nc1ncnc2sc(C)c(C)c12)c1cccc(N2CCCC2=O)c1. The van der Waals surface area contributed by atoms with Crippen LogP contribution >= 0.6 is 11.3 Å². The zero-order chi connectivity index (χ0) is 19.0. The Balaban J connectivity index is 1.61. The minimum atomic E-state index is 0.187. The van der Waals surface area contributed by atoms with Crippen LogP contribution in [0.1, 0.15) is 35.8 Å². The summed E-state index contributed by atoms with van der Waals surface area (Å²) in [5.41, 5.74) is 7.02. The first-order chi connectivity index (χ1) is 13.0. The number of rotatable bonds is 4. The zero-order valence-electron chi connectivity index (χ0n) is 15.6. The number of hydrogen-bond donors (Lipinski definition) is 1. The largest absolute Gasteiger partial charge is 0.312 e. The van der Waals surface area contributed by atoms with Gasteiger partial charge in [-0.25, -0.2) is 9.97 Å². The average molecular weight is 379 g/mol. The summed E-state index contributed by atoms with van der Waals surface area (Å²) in [4.78, 5) is 24.7. The number of hydrogen-bond acceptors (Lipinski definition) is 6. The Morgan fingerprint density at radius 2 is 2.15 bits per heavy atom. The maximum absolute atomic E-state index is 12.0. The summed E-state index contributed by atoms with van der Waals surface area (Å²) in [5.74, 6) is 0.902. The number of aryl methyl sites for hydroxylation is 2. The molecule has 0 atom stereocenters. The van der Waals surface area contributed by atoms with Gasteiger partial charge in [-0.1, -0.05) is 12.1 Å². The van der Waals surface area contributed by atoms with Gasteiger partial charge in [0.05, 0.1) is 11.1 Å². The number of thiophene rings is 1. The van der Waals surface area contributed by atoms with E-state index in [-0.39, 0.29) is 5.91 Å². The molecule has 0 aliphatic carbocycles. The normalized spacial score (nSPS) is 15.0. The Morgan fingerprint density at radius 1 is 1.30 bits per heavy atom. The van der Waals surface area contributed by atoms with Crippen LogP contribution in [0.25, 0.3) is 10.2 Å². The van der Waals surface area contributed by atoms with Crippen molar-refractivity contribution >= 4 is 44.7 Å². The molecule has 4 rings (SSSR count). The number of nitrogens with one attached hydrogen (secondary N) is 1. The molecule has 0 spiro atoms. The molecule has 1 amide bonds. The number of amides is 1. The van der Waals surface area contributed by atoms with E-state index in [4.69, 9.17) is 0 Å². The zero-order valence-corrected chi connectivity index (χ0v) is 16.4. The van der Waals surface area contributed by atoms with E-state index in [0.29, 0.717) is 12.2 Å². The maximum atomic E-state index is 12.0. The van der Waals surface area contributed by atoms with Gasteiger partial charge in [0.1, 0.15) is 11.2 Å². The summed E-state index contributed by atoms with van der Waals surface area (Å²) in [6, 6.07) is 7.95. The van der Waals surface area contributed by atoms with E-state index in [1.165, 1.54) is 10.4 Å². The third-order valence-electron chi connectivity index (χ3n) is 4.94. The lowest BCUT2D eigenvalue weighted by atomic mass is 10.1. The van der Waals surface area contributed by atoms with Crippen molar-refractivity contribution in [2.45, 2.75) is 33.6 Å². The average Bonchev–Trinajstić information content (AvgIpc) is 3.23. The summed E-state index contributed by atoms with van der Waals surface area (Å²) >= 11 is 1.66. The molecule has 1 aromatic carbocycles. The lowest BCUT2D eigenvalue weighted by Crippen LogP contribution is -2.23. The van der Waals surface area contributed by atoms with Gasteiger partial charge >= 0.3 is 0 Å². The number of hydrazone groups is 1. The van der Waals surface area contributed by atoms with Crippen molar-refractivity contribution in [3.63, 3.8) is 0 Å². The van der Waals surface area contributed by atoms with E-state index in [0.717, 1.165) is 40.1 Å². The fourth-order valence-electron chi connectivity index (χ4n) is 3.29. The smallest absolute Gasteiger partial charge is 0.227 e. The number of benzene rings is 1. The molecule has 6 nitrogen and oxygen atoms in total. The van der Waals surface area contributed by atoms with Crippen LogP contribution in [0.15, 0.2) is 35.7 Å². The molecule has 138 valence electrons. The van der Waals surface area contributed by atoms with Gasteiger partial charge in [-0.2, -0.15) is 5.10 Å². The fourth-order valence-corrected chi connectivity index (χ4v) is 4.29. The van der Waals surface area contributed by atoms with E-state index in [2.05, 4.69) is 34.3 Å². The first kappa shape index (κ1) is 17.6. The second kappa shape index (κ2) is 7.08. The van der Waals surface area contributed by atoms with Crippen molar-refractivity contribution in [3.05, 3.63) is 46.6 Å². The number of carbonyl (C=O) groups is 1. The monoisotopic (exact) mass is 379 g/mol. The Kier molecular flexibility index (Phi) is 4.61. The molecule has 1 aliphatic heterocycles. The highest BCUT2D eigenvalue weighted by Crippen LogP contribution is 2.32. The standard InChI is InChI=1S/C20H21N5OS/c1-12-14(3)27-20-18(12)19(21-11-22-20)24-23-13(2)15-6-4-7-16(10-15)25-9-5-8-17(25)26/h4,6-7,10-11H,5,8-9H2,1-3H3,(H,21,22,24)/b23-13-. The second-order valence-corrected chi connectivity index (χ2v) is 7.90. The minimum Gasteiger partial charge on any atom is -0.312 e. The van der Waals surface area contributed by atoms with Crippen molar-refractivity contribution in [1.82, 2.24) is 9.97 Å². The molecule has 0 saturated carbocycles. The van der Waals surface area contributed by atoms with Crippen LogP contribution in [0.3, 0.4) is 0 Å². The van der Waals surface area contributed by atoms with Gasteiger partial charge in [-0.05, 0) is 50.5 Å². The lowest BCUT2D eigenvalue weighted by molar-refractivity contribution is -0.117. The van der Waals surface area contributed by atoms with Crippen molar-refractivity contribution in [2.75, 3.05) is 16.9 Å². The summed E-state index contributed by atoms with van der Waals surface area (Å²) in [6.45, 7) is 6.90. The molecule has 0 radical (unpaired) electrons. The van der Waals surface area contributed by atoms with E-state index in [1.807, 2.05) is 36.1 Å². The van der Waals surface area contributed by atoms with Gasteiger partial charge in [0.2, 0.25) is 5.91 Å². The van der Waals surface area contributed by atoms with Crippen LogP contribution in [0, 0.1) is 13.8 Å². The molecule has 1 saturated heterocycles. The van der Waals surface area contributed by atoms with Crippen LogP contribution in [0.4, 0.5) is 11.5 Å². The van der Waals surface area contributed by atoms with Crippen LogP contribution < -0.4 is 10.3 Å². The summed E-state index contributed by atoms with van der Waals surface area (Å²) < 4.78 is 0. The molecule has 2 aromatic heterocycles. The third kappa shape index (κ3) is 3.30. The molecule has 3 heterocycles. The quantitative estimate of drug-likeness (QED) is 0.543. The minimum absolute atomic E-state index is 0.187. The molecule has 3 aromatic rings. The summed E-state index contributed by atoms with van der Waals surface area (Å²) in [7, 11) is 0. The van der Waals surface area contributed by atoms with Crippen LogP contribution in [-0.2, 0) is 4.79 Å². The highest BCUT2D eigenvalue weighted by molar-refractivity contribution is 7.18. The Bertz CT molecular complexity index is 1060. The van der Waals surface area contributed by atoms with Crippen molar-refractivity contribution in [1.29, 1.82) is 0 Å². The van der Waals surface area contributed by atoms with Gasteiger partial charge in [-0.15, -0.1) is 11.3 Å². The fraction of sp³-hybridized carbons (Fsp3) is 0.300. The molecule has 0 unspecified atom stereocenters. The number of carbonyl (C=O) groups excluding carboxylic acids is 1. The van der Waals surface area contributed by atoms with Gasteiger partial charge in [0.25, 0.3) is 0 Å². The number of fused-ring (bicyclic) bond motifs is 1. The maximum Gasteiger partial charge on any atom is 0.227 e. The molecule has 27 heavy (non-hydrogen) atoms. The third-order valence-corrected chi connectivity index (χ3v) is 6.06. The lowest BCUT2D eigenvalue weighted by Gasteiger charge is -2.16. The Labute approximate surface area is 162 Å². The van der Waals surface area contributed by atoms with Crippen molar-refractivity contribution < 1.29 is 4.79 Å². The van der Waals surface area contributed by atoms with Crippen molar-refractivity contribution in [2.24, 2.45) is 5.10 Å². The van der Waals surface area contributed by atoms with Gasteiger partial charge in [0, 0.05) is 23.5 Å². The first-order valence-electron chi connectivity index (χ1n) is 8.96. The highest BCUT2D eigenvalue weighted by Gasteiger charge is 2.21. The van der Waals surface area contributed by atoms with E-state index < -0.39 is 0 Å². The van der Waals surface area contributed by atoms with E-state index in [9.17, 15) is 4.79 Å². The van der Waals surface area contributed by atoms with Gasteiger partial charge < -0.3 is 4.90 Å².